The molecule has 10 nitrogen and oxygen atoms in total. The maximum Gasteiger partial charge on any atom is 0.411 e. The lowest BCUT2D eigenvalue weighted by Gasteiger charge is -2.30. The van der Waals surface area contributed by atoms with Gasteiger partial charge < -0.3 is 25.0 Å². The molecule has 0 bridgehead atoms. The summed E-state index contributed by atoms with van der Waals surface area (Å²) < 4.78 is 4.87. The molecule has 0 unspecified atom stereocenters. The van der Waals surface area contributed by atoms with E-state index in [4.69, 9.17) is 50.5 Å². The van der Waals surface area contributed by atoms with Crippen molar-refractivity contribution in [3.63, 3.8) is 0 Å². The molecule has 0 saturated carbocycles. The molecule has 1 fully saturated rings. The SMILES string of the molecule is CC1(C)C(=O)N(c2ccc(C#N)c(Cl)c2)C(=S)N1c1ccc(Cl)c(NC(=O)OC[C@H](O)[C@@H](O)CO)c1. The molecule has 2 atom stereocenters. The van der Waals surface area contributed by atoms with Gasteiger partial charge in [-0.25, -0.2) is 4.79 Å². The molecule has 0 aliphatic carbocycles. The number of aliphatic hydroxyl groups excluding tert-OH is 3. The number of amides is 2. The van der Waals surface area contributed by atoms with Crippen LogP contribution in [0, 0.1) is 11.3 Å². The van der Waals surface area contributed by atoms with E-state index >= 15 is 0 Å². The zero-order valence-corrected chi connectivity index (χ0v) is 21.4. The van der Waals surface area contributed by atoms with Crippen LogP contribution in [0.4, 0.5) is 21.9 Å². The van der Waals surface area contributed by atoms with E-state index < -0.39 is 37.1 Å². The maximum absolute atomic E-state index is 13.4. The van der Waals surface area contributed by atoms with Gasteiger partial charge in [-0.3, -0.25) is 15.0 Å². The van der Waals surface area contributed by atoms with Crippen molar-refractivity contribution in [3.8, 4) is 6.07 Å². The van der Waals surface area contributed by atoms with Gasteiger partial charge in [0.2, 0.25) is 0 Å². The van der Waals surface area contributed by atoms with Crippen molar-refractivity contribution in [1.82, 2.24) is 0 Å². The zero-order valence-electron chi connectivity index (χ0n) is 19.1. The number of benzene rings is 2. The van der Waals surface area contributed by atoms with Crippen LogP contribution in [0.25, 0.3) is 0 Å². The zero-order chi connectivity index (χ0) is 26.8. The number of thiocarbonyl (C=S) groups is 1. The van der Waals surface area contributed by atoms with Crippen LogP contribution in [0.15, 0.2) is 36.4 Å². The molecule has 4 N–H and O–H groups in total. The molecule has 3 rings (SSSR count). The average Bonchev–Trinajstić information content (AvgIpc) is 3.01. The second-order valence-electron chi connectivity index (χ2n) is 8.30. The average molecular weight is 553 g/mol. The van der Waals surface area contributed by atoms with Crippen LogP contribution in [0.5, 0.6) is 0 Å². The Kier molecular flexibility index (Phi) is 8.40. The van der Waals surface area contributed by atoms with Crippen LogP contribution >= 0.6 is 35.4 Å². The standard InChI is InChI=1S/C23H22Cl2N4O6S/c1-23(2)20(33)28(13-4-3-12(9-26)16(25)7-13)22(36)29(23)14-5-6-15(24)17(8-14)27-21(34)35-11-19(32)18(31)10-30/h3-8,18-19,30-32H,10-11H2,1-2H3,(H,27,34)/t18-,19-/m0/s1. The quantitative estimate of drug-likeness (QED) is 0.380. The molecule has 1 saturated heterocycles. The Morgan fingerprint density at radius 1 is 1.17 bits per heavy atom. The highest BCUT2D eigenvalue weighted by atomic mass is 35.5. The molecule has 2 aromatic carbocycles. The largest absolute Gasteiger partial charge is 0.446 e. The molecule has 36 heavy (non-hydrogen) atoms. The Bertz CT molecular complexity index is 1250. The number of ether oxygens (including phenoxy) is 1. The minimum Gasteiger partial charge on any atom is -0.446 e. The van der Waals surface area contributed by atoms with E-state index in [0.717, 1.165) is 0 Å². The molecular weight excluding hydrogens is 531 g/mol. The number of nitriles is 1. The first-order valence-electron chi connectivity index (χ1n) is 10.5. The Morgan fingerprint density at radius 3 is 2.44 bits per heavy atom. The monoisotopic (exact) mass is 552 g/mol. The molecule has 2 amide bonds. The van der Waals surface area contributed by atoms with Crippen LogP contribution in [-0.2, 0) is 9.53 Å². The number of nitrogens with one attached hydrogen (secondary N) is 1. The number of halogens is 2. The number of nitrogens with zero attached hydrogens (tertiary/aromatic N) is 3. The van der Waals surface area contributed by atoms with Gasteiger partial charge in [-0.05, 0) is 62.5 Å². The molecule has 1 aliphatic heterocycles. The molecule has 0 aromatic heterocycles. The van der Waals surface area contributed by atoms with Gasteiger partial charge in [0, 0.05) is 5.69 Å². The Hall–Kier alpha value is -2.98. The van der Waals surface area contributed by atoms with Crippen LogP contribution in [0.2, 0.25) is 10.0 Å². The van der Waals surface area contributed by atoms with Crippen molar-refractivity contribution in [2.45, 2.75) is 31.6 Å². The van der Waals surface area contributed by atoms with Crippen molar-refractivity contribution >= 4 is 69.6 Å². The van der Waals surface area contributed by atoms with Crippen molar-refractivity contribution in [2.75, 3.05) is 28.3 Å². The van der Waals surface area contributed by atoms with Gasteiger partial charge in [0.1, 0.15) is 30.4 Å². The van der Waals surface area contributed by atoms with Crippen molar-refractivity contribution in [2.24, 2.45) is 0 Å². The van der Waals surface area contributed by atoms with E-state index in [1.807, 2.05) is 6.07 Å². The second kappa shape index (κ2) is 11.0. The van der Waals surface area contributed by atoms with Crippen molar-refractivity contribution in [3.05, 3.63) is 52.0 Å². The third-order valence-electron chi connectivity index (χ3n) is 5.46. The summed E-state index contributed by atoms with van der Waals surface area (Å²) in [5.74, 6) is -0.339. The fourth-order valence-electron chi connectivity index (χ4n) is 3.48. The third-order valence-corrected chi connectivity index (χ3v) is 6.47. The van der Waals surface area contributed by atoms with Crippen LogP contribution in [0.3, 0.4) is 0 Å². The van der Waals surface area contributed by atoms with Crippen molar-refractivity contribution in [1.29, 1.82) is 5.26 Å². The summed E-state index contributed by atoms with van der Waals surface area (Å²) in [6, 6.07) is 11.1. The van der Waals surface area contributed by atoms with E-state index in [2.05, 4.69) is 5.32 Å². The van der Waals surface area contributed by atoms with Gasteiger partial charge in [0.25, 0.3) is 5.91 Å². The summed E-state index contributed by atoms with van der Waals surface area (Å²) in [5.41, 5.74) is 0.100. The fraction of sp³-hybridized carbons (Fsp3) is 0.304. The van der Waals surface area contributed by atoms with E-state index in [0.29, 0.717) is 11.4 Å². The van der Waals surface area contributed by atoms with Gasteiger partial charge in [0.15, 0.2) is 5.11 Å². The number of carbonyl (C=O) groups is 2. The summed E-state index contributed by atoms with van der Waals surface area (Å²) in [7, 11) is 0. The molecule has 13 heteroatoms. The molecule has 190 valence electrons. The first kappa shape index (κ1) is 27.6. The number of aliphatic hydroxyl groups is 3. The summed E-state index contributed by atoms with van der Waals surface area (Å²) in [5, 5.41) is 39.9. The summed E-state index contributed by atoms with van der Waals surface area (Å²) in [6.07, 6.45) is -3.90. The smallest absolute Gasteiger partial charge is 0.411 e. The summed E-state index contributed by atoms with van der Waals surface area (Å²) in [6.45, 7) is 2.09. The topological polar surface area (TPSA) is 146 Å². The lowest BCUT2D eigenvalue weighted by Crippen LogP contribution is -2.44. The molecule has 0 spiro atoms. The lowest BCUT2D eigenvalue weighted by atomic mass is 10.0. The number of hydrogen-bond donors (Lipinski definition) is 4. The first-order chi connectivity index (χ1) is 16.9. The van der Waals surface area contributed by atoms with E-state index in [1.54, 1.807) is 30.9 Å². The number of carbonyl (C=O) groups excluding carboxylic acids is 2. The van der Waals surface area contributed by atoms with Crippen LogP contribution in [-0.4, -0.2) is 63.4 Å². The Morgan fingerprint density at radius 2 is 1.83 bits per heavy atom. The van der Waals surface area contributed by atoms with Crippen molar-refractivity contribution < 1.29 is 29.6 Å². The van der Waals surface area contributed by atoms with Crippen LogP contribution < -0.4 is 15.1 Å². The van der Waals surface area contributed by atoms with E-state index in [-0.39, 0.29) is 32.3 Å². The minimum atomic E-state index is -1.47. The minimum absolute atomic E-state index is 0.141. The first-order valence-corrected chi connectivity index (χ1v) is 11.7. The highest BCUT2D eigenvalue weighted by Gasteiger charge is 2.50. The molecule has 2 aromatic rings. The molecular formula is C23H22Cl2N4O6S. The number of hydrogen-bond acceptors (Lipinski definition) is 8. The van der Waals surface area contributed by atoms with Gasteiger partial charge >= 0.3 is 6.09 Å². The number of anilines is 3. The predicted molar refractivity (Wildman–Crippen MR) is 138 cm³/mol. The Labute approximate surface area is 222 Å². The summed E-state index contributed by atoms with van der Waals surface area (Å²) >= 11 is 18.0. The van der Waals surface area contributed by atoms with E-state index in [9.17, 15) is 19.8 Å². The molecule has 1 heterocycles. The number of rotatable bonds is 7. The van der Waals surface area contributed by atoms with E-state index in [1.165, 1.54) is 29.2 Å². The second-order valence-corrected chi connectivity index (χ2v) is 9.48. The summed E-state index contributed by atoms with van der Waals surface area (Å²) in [4.78, 5) is 28.5. The molecule has 0 radical (unpaired) electrons. The van der Waals surface area contributed by atoms with Gasteiger partial charge in [-0.15, -0.1) is 0 Å². The predicted octanol–water partition coefficient (Wildman–Crippen LogP) is 3.04. The van der Waals surface area contributed by atoms with Gasteiger partial charge in [-0.2, -0.15) is 5.26 Å². The molecule has 1 aliphatic rings. The fourth-order valence-corrected chi connectivity index (χ4v) is 4.38. The normalized spacial score (nSPS) is 16.5. The third kappa shape index (κ3) is 5.39. The maximum atomic E-state index is 13.4. The highest BCUT2D eigenvalue weighted by molar-refractivity contribution is 7.81. The van der Waals surface area contributed by atoms with Crippen LogP contribution in [0.1, 0.15) is 19.4 Å². The van der Waals surface area contributed by atoms with Gasteiger partial charge in [-0.1, -0.05) is 23.2 Å². The lowest BCUT2D eigenvalue weighted by molar-refractivity contribution is -0.120. The Balaban J connectivity index is 1.87. The highest BCUT2D eigenvalue weighted by Crippen LogP contribution is 2.39. The van der Waals surface area contributed by atoms with Gasteiger partial charge in [0.05, 0.1) is 33.6 Å².